The van der Waals surface area contributed by atoms with Crippen molar-refractivity contribution in [3.8, 4) is 0 Å². The lowest BCUT2D eigenvalue weighted by atomic mass is 9.97. The Bertz CT molecular complexity index is 1290. The highest BCUT2D eigenvalue weighted by atomic mass is 32.2. The highest BCUT2D eigenvalue weighted by molar-refractivity contribution is 7.90. The molecule has 0 spiro atoms. The molecule has 2 N–H and O–H groups in total. The topological polar surface area (TPSA) is 134 Å². The molecule has 0 aromatic heterocycles. The molecule has 2 aromatic rings. The van der Waals surface area contributed by atoms with Gasteiger partial charge in [0.15, 0.2) is 11.9 Å². The molecule has 11 heteroatoms. The van der Waals surface area contributed by atoms with Gasteiger partial charge in [-0.25, -0.2) is 0 Å². The van der Waals surface area contributed by atoms with Crippen LogP contribution in [-0.2, 0) is 29.1 Å². The Labute approximate surface area is 203 Å². The van der Waals surface area contributed by atoms with Crippen molar-refractivity contribution in [2.24, 2.45) is 10.3 Å². The van der Waals surface area contributed by atoms with E-state index >= 15 is 0 Å². The first-order valence-electron chi connectivity index (χ1n) is 11.2. The van der Waals surface area contributed by atoms with Gasteiger partial charge in [-0.15, -0.1) is 4.40 Å². The van der Waals surface area contributed by atoms with E-state index in [0.29, 0.717) is 42.2 Å². The van der Waals surface area contributed by atoms with Crippen molar-refractivity contribution in [1.82, 2.24) is 4.90 Å². The molecule has 10 nitrogen and oxygen atoms in total. The molecule has 1 saturated heterocycles. The second-order valence-electron chi connectivity index (χ2n) is 8.50. The number of amidine groups is 1. The van der Waals surface area contributed by atoms with E-state index < -0.39 is 33.9 Å². The Kier molecular flexibility index (Phi) is 6.88. The molecule has 2 heterocycles. The minimum absolute atomic E-state index is 0.162. The number of ether oxygens (including phenoxy) is 1. The van der Waals surface area contributed by atoms with Crippen molar-refractivity contribution in [1.29, 1.82) is 0 Å². The molecule has 2 aromatic carbocycles. The molecule has 0 unspecified atom stereocenters. The zero-order chi connectivity index (χ0) is 25.2. The number of nitrogens with zero attached hydrogens (tertiary/aromatic N) is 2. The number of amides is 2. The van der Waals surface area contributed by atoms with Crippen LogP contribution >= 0.6 is 0 Å². The lowest BCUT2D eigenvalue weighted by molar-refractivity contribution is -0.158. The van der Waals surface area contributed by atoms with Gasteiger partial charge in [0.1, 0.15) is 4.90 Å². The number of anilines is 2. The van der Waals surface area contributed by atoms with Gasteiger partial charge in [-0.2, -0.15) is 8.42 Å². The number of carbonyl (C=O) groups excluding carboxylic acids is 3. The zero-order valence-electron chi connectivity index (χ0n) is 19.4. The van der Waals surface area contributed by atoms with Crippen molar-refractivity contribution >= 4 is 45.0 Å². The maximum absolute atomic E-state index is 12.8. The number of fused-ring (bicyclic) bond motifs is 1. The van der Waals surface area contributed by atoms with E-state index in [2.05, 4.69) is 15.0 Å². The number of sulfonamides is 1. The molecule has 2 aliphatic rings. The van der Waals surface area contributed by atoms with Gasteiger partial charge < -0.3 is 20.3 Å². The first kappa shape index (κ1) is 24.4. The number of carbonyl (C=O) groups is 3. The molecule has 1 fully saturated rings. The number of piperidine rings is 1. The van der Waals surface area contributed by atoms with Crippen LogP contribution < -0.4 is 10.6 Å². The van der Waals surface area contributed by atoms with E-state index in [4.69, 9.17) is 4.74 Å². The molecule has 4 rings (SSSR count). The summed E-state index contributed by atoms with van der Waals surface area (Å²) in [6.07, 6.45) is 0.191. The molecule has 2 atom stereocenters. The van der Waals surface area contributed by atoms with E-state index in [-0.39, 0.29) is 17.3 Å². The Morgan fingerprint density at radius 2 is 1.71 bits per heavy atom. The summed E-state index contributed by atoms with van der Waals surface area (Å²) in [5, 5.41) is 5.32. The molecule has 0 radical (unpaired) electrons. The van der Waals surface area contributed by atoms with Crippen LogP contribution in [0.5, 0.6) is 0 Å². The van der Waals surface area contributed by atoms with Gasteiger partial charge in [-0.3, -0.25) is 14.4 Å². The highest BCUT2D eigenvalue weighted by Crippen LogP contribution is 2.30. The lowest BCUT2D eigenvalue weighted by Gasteiger charge is -2.33. The quantitative estimate of drug-likeness (QED) is 0.605. The fraction of sp³-hybridized carbons (Fsp3) is 0.333. The van der Waals surface area contributed by atoms with Crippen LogP contribution in [0.1, 0.15) is 32.3 Å². The summed E-state index contributed by atoms with van der Waals surface area (Å²) in [6.45, 7) is 3.71. The molecular formula is C24H26N4O6S. The SMILES string of the molecule is CC(=O)Nc1ccc(NC(=O)[C@@H](C)OC(=O)[C@H]2CCCN(C3=NS(=O)(=O)c4ccccc43)C2)cc1. The number of hydrogen-bond acceptors (Lipinski definition) is 7. The van der Waals surface area contributed by atoms with Crippen LogP contribution in [0.3, 0.4) is 0 Å². The summed E-state index contributed by atoms with van der Waals surface area (Å²) in [5.41, 5.74) is 1.62. The van der Waals surface area contributed by atoms with Gasteiger partial charge in [0, 0.05) is 37.0 Å². The number of hydrogen-bond donors (Lipinski definition) is 2. The Balaban J connectivity index is 1.36. The Morgan fingerprint density at radius 3 is 2.40 bits per heavy atom. The predicted octanol–water partition coefficient (Wildman–Crippen LogP) is 2.38. The monoisotopic (exact) mass is 498 g/mol. The van der Waals surface area contributed by atoms with Crippen molar-refractivity contribution in [3.05, 3.63) is 54.1 Å². The molecule has 0 saturated carbocycles. The van der Waals surface area contributed by atoms with Crippen molar-refractivity contribution in [2.45, 2.75) is 37.7 Å². The Hall–Kier alpha value is -3.73. The van der Waals surface area contributed by atoms with Crippen molar-refractivity contribution in [3.63, 3.8) is 0 Å². The maximum atomic E-state index is 12.8. The van der Waals surface area contributed by atoms with E-state index in [9.17, 15) is 22.8 Å². The van der Waals surface area contributed by atoms with Gasteiger partial charge in [0.05, 0.1) is 5.92 Å². The number of likely N-dealkylation sites (tertiary alicyclic amines) is 1. The minimum atomic E-state index is -3.75. The normalized spacial score (nSPS) is 19.2. The number of esters is 1. The summed E-state index contributed by atoms with van der Waals surface area (Å²) in [6, 6.07) is 13.2. The van der Waals surface area contributed by atoms with E-state index in [1.165, 1.54) is 19.9 Å². The molecule has 2 amide bonds. The molecular weight excluding hydrogens is 472 g/mol. The summed E-state index contributed by atoms with van der Waals surface area (Å²) < 4.78 is 34.1. The van der Waals surface area contributed by atoms with Crippen LogP contribution in [0, 0.1) is 5.92 Å². The molecule has 184 valence electrons. The van der Waals surface area contributed by atoms with Crippen LogP contribution in [0.15, 0.2) is 57.8 Å². The van der Waals surface area contributed by atoms with Gasteiger partial charge in [0.2, 0.25) is 5.91 Å². The Morgan fingerprint density at radius 1 is 1.06 bits per heavy atom. The second kappa shape index (κ2) is 9.87. The molecule has 0 bridgehead atoms. The number of rotatable bonds is 5. The first-order valence-corrected chi connectivity index (χ1v) is 12.7. The third kappa shape index (κ3) is 5.51. The summed E-state index contributed by atoms with van der Waals surface area (Å²) in [4.78, 5) is 38.4. The average molecular weight is 499 g/mol. The van der Waals surface area contributed by atoms with Gasteiger partial charge >= 0.3 is 5.97 Å². The maximum Gasteiger partial charge on any atom is 0.311 e. The van der Waals surface area contributed by atoms with Crippen LogP contribution in [0.2, 0.25) is 0 Å². The molecule has 0 aliphatic carbocycles. The van der Waals surface area contributed by atoms with Crippen LogP contribution in [0.4, 0.5) is 11.4 Å². The van der Waals surface area contributed by atoms with E-state index in [1.54, 1.807) is 47.4 Å². The van der Waals surface area contributed by atoms with Gasteiger partial charge in [-0.1, -0.05) is 12.1 Å². The van der Waals surface area contributed by atoms with Gasteiger partial charge in [-0.05, 0) is 56.2 Å². The molecule has 2 aliphatic heterocycles. The fourth-order valence-electron chi connectivity index (χ4n) is 4.09. The zero-order valence-corrected chi connectivity index (χ0v) is 20.2. The third-order valence-corrected chi connectivity index (χ3v) is 7.13. The third-order valence-electron chi connectivity index (χ3n) is 5.80. The van der Waals surface area contributed by atoms with Crippen molar-refractivity contribution in [2.75, 3.05) is 23.7 Å². The predicted molar refractivity (Wildman–Crippen MR) is 129 cm³/mol. The lowest BCUT2D eigenvalue weighted by Crippen LogP contribution is -2.44. The van der Waals surface area contributed by atoms with Crippen molar-refractivity contribution < 1.29 is 27.5 Å². The van der Waals surface area contributed by atoms with Gasteiger partial charge in [0.25, 0.3) is 15.9 Å². The summed E-state index contributed by atoms with van der Waals surface area (Å²) >= 11 is 0. The fourth-order valence-corrected chi connectivity index (χ4v) is 5.31. The highest BCUT2D eigenvalue weighted by Gasteiger charge is 2.36. The minimum Gasteiger partial charge on any atom is -0.452 e. The molecule has 35 heavy (non-hydrogen) atoms. The summed E-state index contributed by atoms with van der Waals surface area (Å²) in [5.74, 6) is -1.39. The standard InChI is InChI=1S/C24H26N4O6S/c1-15(23(30)26-19-11-9-18(10-12-19)25-16(2)29)34-24(31)17-6-5-13-28(14-17)22-20-7-3-4-8-21(20)35(32,33)27-22/h3-4,7-12,15,17H,5-6,13-14H2,1-2H3,(H,25,29)(H,26,30)/t15-,17+/m1/s1. The number of nitrogens with one attached hydrogen (secondary N) is 2. The van der Waals surface area contributed by atoms with Crippen LogP contribution in [0.25, 0.3) is 0 Å². The average Bonchev–Trinajstić information content (AvgIpc) is 3.11. The van der Waals surface area contributed by atoms with E-state index in [0.717, 1.165) is 0 Å². The summed E-state index contributed by atoms with van der Waals surface area (Å²) in [7, 11) is -3.75. The second-order valence-corrected chi connectivity index (χ2v) is 10.1. The first-order chi connectivity index (χ1) is 16.6. The van der Waals surface area contributed by atoms with Crippen LogP contribution in [-0.4, -0.2) is 56.1 Å². The largest absolute Gasteiger partial charge is 0.452 e. The van der Waals surface area contributed by atoms with E-state index in [1.807, 2.05) is 0 Å². The smallest absolute Gasteiger partial charge is 0.311 e. The number of benzene rings is 2.